The molecule has 2 heteroatoms. The Morgan fingerprint density at radius 2 is 2.08 bits per heavy atom. The fourth-order valence-electron chi connectivity index (χ4n) is 1.67. The van der Waals surface area contributed by atoms with E-state index in [1.807, 2.05) is 0 Å². The minimum absolute atomic E-state index is 0.0633. The molecule has 0 heterocycles. The van der Waals surface area contributed by atoms with Gasteiger partial charge in [0.1, 0.15) is 0 Å². The zero-order valence-electron chi connectivity index (χ0n) is 9.00. The minimum Gasteiger partial charge on any atom is -0.392 e. The van der Waals surface area contributed by atoms with Gasteiger partial charge in [-0.15, -0.1) is 0 Å². The van der Waals surface area contributed by atoms with Crippen molar-refractivity contribution in [1.82, 2.24) is 4.90 Å². The third-order valence-corrected chi connectivity index (χ3v) is 2.81. The van der Waals surface area contributed by atoms with E-state index in [-0.39, 0.29) is 6.10 Å². The van der Waals surface area contributed by atoms with Crippen LogP contribution in [0.2, 0.25) is 0 Å². The van der Waals surface area contributed by atoms with Gasteiger partial charge in [-0.25, -0.2) is 0 Å². The molecule has 78 valence electrons. The summed E-state index contributed by atoms with van der Waals surface area (Å²) in [5.74, 6) is 0.619. The summed E-state index contributed by atoms with van der Waals surface area (Å²) < 4.78 is 0. The smallest absolute Gasteiger partial charge is 0.0695 e. The molecule has 1 atom stereocenters. The maximum Gasteiger partial charge on any atom is 0.0695 e. The van der Waals surface area contributed by atoms with Crippen molar-refractivity contribution in [2.45, 2.75) is 45.1 Å². The second kappa shape index (κ2) is 5.61. The Labute approximate surface area is 81.9 Å². The quantitative estimate of drug-likeness (QED) is 0.612. The molecule has 0 aromatic heterocycles. The van der Waals surface area contributed by atoms with Crippen molar-refractivity contribution >= 4 is 0 Å². The molecule has 1 N–H and O–H groups in total. The van der Waals surface area contributed by atoms with E-state index in [4.69, 9.17) is 0 Å². The largest absolute Gasteiger partial charge is 0.392 e. The van der Waals surface area contributed by atoms with Crippen LogP contribution in [0.1, 0.15) is 39.0 Å². The van der Waals surface area contributed by atoms with Gasteiger partial charge in [-0.05, 0) is 38.8 Å². The van der Waals surface area contributed by atoms with Crippen molar-refractivity contribution in [3.8, 4) is 0 Å². The van der Waals surface area contributed by atoms with Gasteiger partial charge >= 0.3 is 0 Å². The van der Waals surface area contributed by atoms with Gasteiger partial charge in [0, 0.05) is 6.54 Å². The summed E-state index contributed by atoms with van der Waals surface area (Å²) in [6.45, 7) is 4.23. The van der Waals surface area contributed by atoms with Gasteiger partial charge in [-0.1, -0.05) is 19.8 Å². The maximum atomic E-state index is 9.67. The van der Waals surface area contributed by atoms with E-state index in [1.165, 1.54) is 32.1 Å². The molecule has 0 aromatic rings. The van der Waals surface area contributed by atoms with Crippen molar-refractivity contribution in [3.63, 3.8) is 0 Å². The van der Waals surface area contributed by atoms with E-state index < -0.39 is 0 Å². The van der Waals surface area contributed by atoms with E-state index in [0.717, 1.165) is 13.1 Å². The number of aliphatic hydroxyl groups is 1. The van der Waals surface area contributed by atoms with Gasteiger partial charge in [-0.3, -0.25) is 0 Å². The SMILES string of the molecule is CCCCCN(C)CC(O)C1CC1. The predicted molar refractivity (Wildman–Crippen MR) is 55.8 cm³/mol. The van der Waals surface area contributed by atoms with Gasteiger partial charge in [0.2, 0.25) is 0 Å². The fourth-order valence-corrected chi connectivity index (χ4v) is 1.67. The van der Waals surface area contributed by atoms with Crippen LogP contribution in [0.5, 0.6) is 0 Å². The van der Waals surface area contributed by atoms with Crippen LogP contribution in [-0.4, -0.2) is 36.2 Å². The first-order valence-electron chi connectivity index (χ1n) is 5.60. The van der Waals surface area contributed by atoms with Crippen LogP contribution in [0.4, 0.5) is 0 Å². The minimum atomic E-state index is -0.0633. The summed E-state index contributed by atoms with van der Waals surface area (Å²) in [6.07, 6.45) is 6.27. The number of nitrogens with zero attached hydrogens (tertiary/aromatic N) is 1. The highest BCUT2D eigenvalue weighted by Crippen LogP contribution is 2.32. The highest BCUT2D eigenvalue weighted by atomic mass is 16.3. The van der Waals surface area contributed by atoms with Gasteiger partial charge in [0.15, 0.2) is 0 Å². The molecule has 0 aromatic carbocycles. The van der Waals surface area contributed by atoms with Crippen LogP contribution >= 0.6 is 0 Å². The molecule has 2 nitrogen and oxygen atoms in total. The van der Waals surface area contributed by atoms with Crippen LogP contribution in [-0.2, 0) is 0 Å². The third kappa shape index (κ3) is 4.63. The van der Waals surface area contributed by atoms with Crippen LogP contribution in [0.3, 0.4) is 0 Å². The Bertz CT molecular complexity index is 134. The number of hydrogen-bond acceptors (Lipinski definition) is 2. The van der Waals surface area contributed by atoms with Gasteiger partial charge < -0.3 is 10.0 Å². The molecule has 0 saturated heterocycles. The first-order chi connectivity index (χ1) is 6.24. The van der Waals surface area contributed by atoms with Gasteiger partial charge in [0.05, 0.1) is 6.10 Å². The topological polar surface area (TPSA) is 23.5 Å². The second-order valence-corrected chi connectivity index (χ2v) is 4.37. The van der Waals surface area contributed by atoms with E-state index in [2.05, 4.69) is 18.9 Å². The Kier molecular flexibility index (Phi) is 4.74. The third-order valence-electron chi connectivity index (χ3n) is 2.81. The van der Waals surface area contributed by atoms with Gasteiger partial charge in [-0.2, -0.15) is 0 Å². The molecular formula is C11H23NO. The lowest BCUT2D eigenvalue weighted by atomic mass is 10.2. The summed E-state index contributed by atoms with van der Waals surface area (Å²) >= 11 is 0. The Balaban J connectivity index is 1.98. The lowest BCUT2D eigenvalue weighted by Crippen LogP contribution is -2.31. The average molecular weight is 185 g/mol. The van der Waals surface area contributed by atoms with Crippen molar-refractivity contribution in [3.05, 3.63) is 0 Å². The van der Waals surface area contributed by atoms with E-state index >= 15 is 0 Å². The molecule has 0 radical (unpaired) electrons. The molecule has 1 aliphatic carbocycles. The first kappa shape index (κ1) is 11.0. The lowest BCUT2D eigenvalue weighted by molar-refractivity contribution is 0.106. The lowest BCUT2D eigenvalue weighted by Gasteiger charge is -2.19. The van der Waals surface area contributed by atoms with Crippen LogP contribution in [0.25, 0.3) is 0 Å². The second-order valence-electron chi connectivity index (χ2n) is 4.37. The summed E-state index contributed by atoms with van der Waals surface area (Å²) in [6, 6.07) is 0. The summed E-state index contributed by atoms with van der Waals surface area (Å²) in [4.78, 5) is 2.26. The number of rotatable bonds is 7. The fraction of sp³-hybridized carbons (Fsp3) is 1.00. The molecule has 0 bridgehead atoms. The molecule has 0 spiro atoms. The zero-order chi connectivity index (χ0) is 9.68. The van der Waals surface area contributed by atoms with Crippen LogP contribution in [0.15, 0.2) is 0 Å². The number of hydrogen-bond donors (Lipinski definition) is 1. The van der Waals surface area contributed by atoms with Crippen molar-refractivity contribution in [2.24, 2.45) is 5.92 Å². The van der Waals surface area contributed by atoms with Gasteiger partial charge in [0.25, 0.3) is 0 Å². The van der Waals surface area contributed by atoms with Crippen molar-refractivity contribution in [2.75, 3.05) is 20.1 Å². The Morgan fingerprint density at radius 3 is 2.62 bits per heavy atom. The van der Waals surface area contributed by atoms with E-state index in [9.17, 15) is 5.11 Å². The molecule has 0 aliphatic heterocycles. The molecule has 1 rings (SSSR count). The van der Waals surface area contributed by atoms with Crippen LogP contribution in [0, 0.1) is 5.92 Å². The number of unbranched alkanes of at least 4 members (excludes halogenated alkanes) is 2. The van der Waals surface area contributed by atoms with E-state index in [1.54, 1.807) is 0 Å². The summed E-state index contributed by atoms with van der Waals surface area (Å²) in [7, 11) is 2.11. The Morgan fingerprint density at radius 1 is 1.38 bits per heavy atom. The molecule has 0 amide bonds. The maximum absolute atomic E-state index is 9.67. The normalized spacial score (nSPS) is 19.4. The molecule has 1 unspecified atom stereocenters. The molecule has 1 saturated carbocycles. The standard InChI is InChI=1S/C11H23NO/c1-3-4-5-8-12(2)9-11(13)10-6-7-10/h10-11,13H,3-9H2,1-2H3. The molecule has 13 heavy (non-hydrogen) atoms. The highest BCUT2D eigenvalue weighted by molar-refractivity contribution is 4.82. The van der Waals surface area contributed by atoms with Crippen LogP contribution < -0.4 is 0 Å². The first-order valence-corrected chi connectivity index (χ1v) is 5.60. The average Bonchev–Trinajstić information content (AvgIpc) is 2.86. The summed E-state index contributed by atoms with van der Waals surface area (Å²) in [5.41, 5.74) is 0. The Hall–Kier alpha value is -0.0800. The highest BCUT2D eigenvalue weighted by Gasteiger charge is 2.29. The summed E-state index contributed by atoms with van der Waals surface area (Å²) in [5, 5.41) is 9.67. The predicted octanol–water partition coefficient (Wildman–Crippen LogP) is 1.88. The molecular weight excluding hydrogens is 162 g/mol. The number of aliphatic hydroxyl groups excluding tert-OH is 1. The molecule has 1 fully saturated rings. The van der Waals surface area contributed by atoms with Crippen molar-refractivity contribution in [1.29, 1.82) is 0 Å². The van der Waals surface area contributed by atoms with E-state index in [0.29, 0.717) is 5.92 Å². The monoisotopic (exact) mass is 185 g/mol. The zero-order valence-corrected chi connectivity index (χ0v) is 9.00. The molecule has 1 aliphatic rings. The van der Waals surface area contributed by atoms with Crippen molar-refractivity contribution < 1.29 is 5.11 Å². The number of likely N-dealkylation sites (N-methyl/N-ethyl adjacent to an activating group) is 1.